The Morgan fingerprint density at radius 2 is 1.67 bits per heavy atom. The fraction of sp³-hybridized carbons (Fsp3) is 0.647. The van der Waals surface area contributed by atoms with Crippen molar-refractivity contribution in [3.05, 3.63) is 35.4 Å². The van der Waals surface area contributed by atoms with Crippen molar-refractivity contribution in [3.63, 3.8) is 0 Å². The van der Waals surface area contributed by atoms with Gasteiger partial charge in [-0.2, -0.15) is 0 Å². The minimum absolute atomic E-state index is 0.634. The first-order chi connectivity index (χ1) is 8.76. The van der Waals surface area contributed by atoms with Crippen molar-refractivity contribution in [3.8, 4) is 0 Å². The first-order valence-electron chi connectivity index (χ1n) is 7.49. The van der Waals surface area contributed by atoms with Gasteiger partial charge in [0.2, 0.25) is 0 Å². The van der Waals surface area contributed by atoms with Crippen molar-refractivity contribution >= 4 is 0 Å². The molecule has 1 aromatic rings. The predicted octanol–water partition coefficient (Wildman–Crippen LogP) is 4.49. The van der Waals surface area contributed by atoms with Crippen LogP contribution in [0.4, 0.5) is 0 Å². The van der Waals surface area contributed by atoms with Gasteiger partial charge in [0.1, 0.15) is 0 Å². The number of aryl methyl sites for hydroxylation is 1. The molecule has 0 aliphatic heterocycles. The van der Waals surface area contributed by atoms with Crippen LogP contribution < -0.4 is 5.32 Å². The van der Waals surface area contributed by atoms with Gasteiger partial charge in [0.15, 0.2) is 0 Å². The number of likely N-dealkylation sites (N-methyl/N-ethyl adjacent to an activating group) is 1. The minimum atomic E-state index is 0.634. The summed E-state index contributed by atoms with van der Waals surface area (Å²) in [5.41, 5.74) is 2.80. The number of hydrogen-bond acceptors (Lipinski definition) is 1. The summed E-state index contributed by atoms with van der Waals surface area (Å²) >= 11 is 0. The third-order valence-corrected chi connectivity index (χ3v) is 3.67. The Morgan fingerprint density at radius 3 is 2.28 bits per heavy atom. The van der Waals surface area contributed by atoms with Crippen LogP contribution in [0.1, 0.15) is 56.6 Å². The van der Waals surface area contributed by atoms with E-state index in [1.54, 1.807) is 0 Å². The van der Waals surface area contributed by atoms with Crippen LogP contribution in [0, 0.1) is 6.92 Å². The van der Waals surface area contributed by atoms with E-state index in [2.05, 4.69) is 50.5 Å². The van der Waals surface area contributed by atoms with E-state index in [0.717, 1.165) is 6.42 Å². The molecular weight excluding hydrogens is 218 g/mol. The van der Waals surface area contributed by atoms with E-state index >= 15 is 0 Å². The summed E-state index contributed by atoms with van der Waals surface area (Å²) in [5.74, 6) is 0. The van der Waals surface area contributed by atoms with E-state index in [1.165, 1.54) is 49.7 Å². The molecule has 0 amide bonds. The van der Waals surface area contributed by atoms with Gasteiger partial charge in [-0.1, -0.05) is 68.9 Å². The van der Waals surface area contributed by atoms with E-state index in [4.69, 9.17) is 0 Å². The lowest BCUT2D eigenvalue weighted by atomic mass is 9.99. The smallest absolute Gasteiger partial charge is 0.0104 e. The number of hydrogen-bond donors (Lipinski definition) is 1. The predicted molar refractivity (Wildman–Crippen MR) is 81.1 cm³/mol. The molecule has 1 nitrogen and oxygen atoms in total. The highest BCUT2D eigenvalue weighted by molar-refractivity contribution is 5.22. The Hall–Kier alpha value is -0.820. The molecule has 0 aromatic heterocycles. The Morgan fingerprint density at radius 1 is 1.00 bits per heavy atom. The van der Waals surface area contributed by atoms with E-state index in [1.807, 2.05) is 0 Å². The van der Waals surface area contributed by atoms with Crippen LogP contribution in [-0.4, -0.2) is 13.1 Å². The average molecular weight is 247 g/mol. The molecule has 1 N–H and O–H groups in total. The summed E-state index contributed by atoms with van der Waals surface area (Å²) in [7, 11) is 2.09. The molecule has 1 atom stereocenters. The SMILES string of the molecule is CCCCCCCC(Cc1ccc(C)cc1)NC. The zero-order chi connectivity index (χ0) is 13.2. The Kier molecular flexibility index (Phi) is 7.75. The summed E-state index contributed by atoms with van der Waals surface area (Å²) < 4.78 is 0. The summed E-state index contributed by atoms with van der Waals surface area (Å²) in [5, 5.41) is 3.46. The molecule has 0 bridgehead atoms. The highest BCUT2D eigenvalue weighted by Crippen LogP contribution is 2.12. The van der Waals surface area contributed by atoms with Gasteiger partial charge < -0.3 is 5.32 Å². The quantitative estimate of drug-likeness (QED) is 0.634. The molecule has 1 aromatic carbocycles. The first-order valence-corrected chi connectivity index (χ1v) is 7.49. The number of unbranched alkanes of at least 4 members (excludes halogenated alkanes) is 4. The second-order valence-electron chi connectivity index (χ2n) is 5.38. The molecule has 0 aliphatic carbocycles. The van der Waals surface area contributed by atoms with Gasteiger partial charge in [-0.3, -0.25) is 0 Å². The van der Waals surface area contributed by atoms with Crippen LogP contribution in [0.3, 0.4) is 0 Å². The standard InChI is InChI=1S/C17H29N/c1-4-5-6-7-8-9-17(18-3)14-16-12-10-15(2)11-13-16/h10-13,17-18H,4-9,14H2,1-3H3. The largest absolute Gasteiger partial charge is 0.317 e. The zero-order valence-corrected chi connectivity index (χ0v) is 12.3. The van der Waals surface area contributed by atoms with Crippen molar-refractivity contribution < 1.29 is 0 Å². The zero-order valence-electron chi connectivity index (χ0n) is 12.3. The van der Waals surface area contributed by atoms with Gasteiger partial charge in [-0.25, -0.2) is 0 Å². The highest BCUT2D eigenvalue weighted by Gasteiger charge is 2.06. The van der Waals surface area contributed by atoms with Crippen LogP contribution in [0.2, 0.25) is 0 Å². The second-order valence-corrected chi connectivity index (χ2v) is 5.38. The van der Waals surface area contributed by atoms with Gasteiger partial charge >= 0.3 is 0 Å². The fourth-order valence-electron chi connectivity index (χ4n) is 2.35. The van der Waals surface area contributed by atoms with E-state index in [9.17, 15) is 0 Å². The van der Waals surface area contributed by atoms with Crippen molar-refractivity contribution in [2.45, 2.75) is 64.8 Å². The molecule has 0 spiro atoms. The molecule has 1 heteroatoms. The number of rotatable bonds is 9. The maximum Gasteiger partial charge on any atom is 0.0104 e. The topological polar surface area (TPSA) is 12.0 Å². The molecule has 0 fully saturated rings. The van der Waals surface area contributed by atoms with Crippen molar-refractivity contribution in [1.29, 1.82) is 0 Å². The van der Waals surface area contributed by atoms with Crippen LogP contribution in [0.15, 0.2) is 24.3 Å². The van der Waals surface area contributed by atoms with Gasteiger partial charge in [0.25, 0.3) is 0 Å². The lowest BCUT2D eigenvalue weighted by molar-refractivity contribution is 0.482. The molecule has 0 saturated carbocycles. The van der Waals surface area contributed by atoms with Gasteiger partial charge in [0, 0.05) is 6.04 Å². The number of benzene rings is 1. The lowest BCUT2D eigenvalue weighted by Crippen LogP contribution is -2.27. The van der Waals surface area contributed by atoms with Gasteiger partial charge in [0.05, 0.1) is 0 Å². The Bertz CT molecular complexity index is 302. The lowest BCUT2D eigenvalue weighted by Gasteiger charge is -2.16. The van der Waals surface area contributed by atoms with E-state index < -0.39 is 0 Å². The van der Waals surface area contributed by atoms with Crippen LogP contribution in [0.25, 0.3) is 0 Å². The number of nitrogens with one attached hydrogen (secondary N) is 1. The second kappa shape index (κ2) is 9.16. The molecule has 1 unspecified atom stereocenters. The summed E-state index contributed by atoms with van der Waals surface area (Å²) in [6.45, 7) is 4.42. The maximum atomic E-state index is 3.46. The average Bonchev–Trinajstić information content (AvgIpc) is 2.39. The van der Waals surface area contributed by atoms with Gasteiger partial charge in [-0.05, 0) is 32.4 Å². The summed E-state index contributed by atoms with van der Waals surface area (Å²) in [6, 6.07) is 9.58. The molecule has 1 rings (SSSR count). The molecule has 18 heavy (non-hydrogen) atoms. The monoisotopic (exact) mass is 247 g/mol. The van der Waals surface area contributed by atoms with Crippen LogP contribution in [-0.2, 0) is 6.42 Å². The Balaban J connectivity index is 2.26. The fourth-order valence-corrected chi connectivity index (χ4v) is 2.35. The minimum Gasteiger partial charge on any atom is -0.317 e. The third-order valence-electron chi connectivity index (χ3n) is 3.67. The first kappa shape index (κ1) is 15.2. The van der Waals surface area contributed by atoms with Crippen molar-refractivity contribution in [2.24, 2.45) is 0 Å². The third kappa shape index (κ3) is 6.20. The molecule has 0 heterocycles. The van der Waals surface area contributed by atoms with Crippen LogP contribution in [0.5, 0.6) is 0 Å². The van der Waals surface area contributed by atoms with Crippen LogP contribution >= 0.6 is 0 Å². The molecule has 0 saturated heterocycles. The molecular formula is C17H29N. The summed E-state index contributed by atoms with van der Waals surface area (Å²) in [4.78, 5) is 0. The highest BCUT2D eigenvalue weighted by atomic mass is 14.9. The molecule has 102 valence electrons. The van der Waals surface area contributed by atoms with Crippen molar-refractivity contribution in [2.75, 3.05) is 7.05 Å². The molecule has 0 aliphatic rings. The van der Waals surface area contributed by atoms with Crippen molar-refractivity contribution in [1.82, 2.24) is 5.32 Å². The van der Waals surface area contributed by atoms with Gasteiger partial charge in [-0.15, -0.1) is 0 Å². The normalized spacial score (nSPS) is 12.6. The maximum absolute atomic E-state index is 3.46. The summed E-state index contributed by atoms with van der Waals surface area (Å²) in [6.07, 6.45) is 9.33. The molecule has 0 radical (unpaired) electrons. The van der Waals surface area contributed by atoms with E-state index in [0.29, 0.717) is 6.04 Å². The Labute approximate surface area is 113 Å². The van der Waals surface area contributed by atoms with E-state index in [-0.39, 0.29) is 0 Å².